The summed E-state index contributed by atoms with van der Waals surface area (Å²) in [5.41, 5.74) is 0.257. The lowest BCUT2D eigenvalue weighted by Gasteiger charge is -2.15. The first-order chi connectivity index (χ1) is 7.87. The van der Waals surface area contributed by atoms with Crippen LogP contribution < -0.4 is 5.32 Å². The largest absolute Gasteiger partial charge is 0.446 e. The second-order valence-corrected chi connectivity index (χ2v) is 6.31. The molecule has 1 aromatic heterocycles. The predicted molar refractivity (Wildman–Crippen MR) is 71.1 cm³/mol. The lowest BCUT2D eigenvalue weighted by atomic mass is 9.91. The number of nitrogens with one attached hydrogen (secondary N) is 1. The molecule has 0 aliphatic carbocycles. The second-order valence-electron chi connectivity index (χ2n) is 6.31. The normalized spacial score (nSPS) is 12.4. The van der Waals surface area contributed by atoms with E-state index in [0.717, 1.165) is 37.6 Å². The summed E-state index contributed by atoms with van der Waals surface area (Å²) in [6, 6.07) is 0. The summed E-state index contributed by atoms with van der Waals surface area (Å²) < 4.78 is 5.72. The summed E-state index contributed by atoms with van der Waals surface area (Å²) in [6.07, 6.45) is 3.68. The molecule has 0 amide bonds. The van der Waals surface area contributed by atoms with Gasteiger partial charge in [-0.05, 0) is 17.9 Å². The van der Waals surface area contributed by atoms with Crippen LogP contribution in [0.3, 0.4) is 0 Å². The van der Waals surface area contributed by atoms with Gasteiger partial charge in [-0.2, -0.15) is 0 Å². The minimum atomic E-state index is 0.257. The quantitative estimate of drug-likeness (QED) is 0.774. The number of aromatic nitrogens is 1. The van der Waals surface area contributed by atoms with Crippen LogP contribution in [0, 0.1) is 11.3 Å². The van der Waals surface area contributed by atoms with Crippen molar-refractivity contribution in [2.75, 3.05) is 13.1 Å². The third-order valence-electron chi connectivity index (χ3n) is 2.37. The first kappa shape index (κ1) is 14.2. The van der Waals surface area contributed by atoms with Gasteiger partial charge in [0.05, 0.1) is 6.20 Å². The molecule has 17 heavy (non-hydrogen) atoms. The molecule has 0 bridgehead atoms. The first-order valence-electron chi connectivity index (χ1n) is 6.51. The number of nitrogens with zero attached hydrogens (tertiary/aromatic N) is 1. The van der Waals surface area contributed by atoms with E-state index < -0.39 is 0 Å². The van der Waals surface area contributed by atoms with E-state index in [1.165, 1.54) is 0 Å². The highest BCUT2D eigenvalue weighted by molar-refractivity contribution is 4.97. The third kappa shape index (κ3) is 6.47. The van der Waals surface area contributed by atoms with Crippen LogP contribution in [0.4, 0.5) is 0 Å². The molecule has 1 aromatic rings. The summed E-state index contributed by atoms with van der Waals surface area (Å²) in [5.74, 6) is 2.54. The van der Waals surface area contributed by atoms with Gasteiger partial charge in [-0.1, -0.05) is 34.6 Å². The number of hydrogen-bond donors (Lipinski definition) is 1. The van der Waals surface area contributed by atoms with Crippen molar-refractivity contribution in [1.82, 2.24) is 10.3 Å². The highest BCUT2D eigenvalue weighted by Gasteiger charge is 2.14. The fraction of sp³-hybridized carbons (Fsp3) is 0.786. The standard InChI is InChI=1S/C14H26N2O/c1-11(2)9-15-7-6-13-16-10-12(17-13)8-14(3,4)5/h10-11,15H,6-9H2,1-5H3. The van der Waals surface area contributed by atoms with Crippen LogP contribution in [0.1, 0.15) is 46.3 Å². The Morgan fingerprint density at radius 2 is 2.06 bits per heavy atom. The number of hydrogen-bond acceptors (Lipinski definition) is 3. The van der Waals surface area contributed by atoms with Gasteiger partial charge in [0.1, 0.15) is 5.76 Å². The average Bonchev–Trinajstić information content (AvgIpc) is 2.57. The van der Waals surface area contributed by atoms with Crippen LogP contribution in [0.25, 0.3) is 0 Å². The van der Waals surface area contributed by atoms with Crippen molar-refractivity contribution in [3.63, 3.8) is 0 Å². The summed E-state index contributed by atoms with van der Waals surface area (Å²) in [5, 5.41) is 3.39. The van der Waals surface area contributed by atoms with Gasteiger partial charge in [-0.15, -0.1) is 0 Å². The molecule has 98 valence electrons. The first-order valence-corrected chi connectivity index (χ1v) is 6.51. The maximum Gasteiger partial charge on any atom is 0.195 e. The van der Waals surface area contributed by atoms with E-state index in [1.54, 1.807) is 0 Å². The molecule has 3 heteroatoms. The molecule has 0 spiro atoms. The van der Waals surface area contributed by atoms with E-state index >= 15 is 0 Å². The van der Waals surface area contributed by atoms with E-state index in [4.69, 9.17) is 4.42 Å². The zero-order valence-electron chi connectivity index (χ0n) is 11.8. The molecule has 0 aliphatic rings. The average molecular weight is 238 g/mol. The molecule has 0 atom stereocenters. The Labute approximate surface area is 105 Å². The molecule has 1 heterocycles. The Hall–Kier alpha value is -0.830. The zero-order chi connectivity index (χ0) is 12.9. The zero-order valence-corrected chi connectivity index (χ0v) is 11.8. The van der Waals surface area contributed by atoms with E-state index in [9.17, 15) is 0 Å². The van der Waals surface area contributed by atoms with Crippen LogP contribution in [-0.2, 0) is 12.8 Å². The fourth-order valence-electron chi connectivity index (χ4n) is 1.65. The highest BCUT2D eigenvalue weighted by Crippen LogP contribution is 2.20. The van der Waals surface area contributed by atoms with Crippen LogP contribution in [-0.4, -0.2) is 18.1 Å². The minimum absolute atomic E-state index is 0.257. The Morgan fingerprint density at radius 1 is 1.35 bits per heavy atom. The molecule has 0 aliphatic heterocycles. The lowest BCUT2D eigenvalue weighted by molar-refractivity contribution is 0.351. The van der Waals surface area contributed by atoms with Gasteiger partial charge in [0.15, 0.2) is 5.89 Å². The highest BCUT2D eigenvalue weighted by atomic mass is 16.4. The SMILES string of the molecule is CC(C)CNCCc1ncc(CC(C)(C)C)o1. The number of rotatable bonds is 6. The molecule has 0 fully saturated rings. The van der Waals surface area contributed by atoms with Crippen molar-refractivity contribution in [1.29, 1.82) is 0 Å². The molecule has 0 saturated carbocycles. The maximum absolute atomic E-state index is 5.72. The number of oxazole rings is 1. The van der Waals surface area contributed by atoms with Crippen molar-refractivity contribution in [2.45, 2.75) is 47.5 Å². The maximum atomic E-state index is 5.72. The van der Waals surface area contributed by atoms with Crippen molar-refractivity contribution < 1.29 is 4.42 Å². The summed E-state index contributed by atoms with van der Waals surface area (Å²) in [7, 11) is 0. The van der Waals surface area contributed by atoms with Gasteiger partial charge in [0.25, 0.3) is 0 Å². The van der Waals surface area contributed by atoms with Crippen LogP contribution in [0.5, 0.6) is 0 Å². The molecule has 3 nitrogen and oxygen atoms in total. The van der Waals surface area contributed by atoms with Crippen LogP contribution in [0.15, 0.2) is 10.6 Å². The van der Waals surface area contributed by atoms with E-state index in [0.29, 0.717) is 5.92 Å². The molecule has 0 unspecified atom stereocenters. The third-order valence-corrected chi connectivity index (χ3v) is 2.37. The predicted octanol–water partition coefficient (Wildman–Crippen LogP) is 3.05. The summed E-state index contributed by atoms with van der Waals surface area (Å²) >= 11 is 0. The van der Waals surface area contributed by atoms with E-state index in [1.807, 2.05) is 6.20 Å². The summed E-state index contributed by atoms with van der Waals surface area (Å²) in [4.78, 5) is 4.31. The van der Waals surface area contributed by atoms with E-state index in [-0.39, 0.29) is 5.41 Å². The van der Waals surface area contributed by atoms with Gasteiger partial charge in [0.2, 0.25) is 0 Å². The van der Waals surface area contributed by atoms with Crippen molar-refractivity contribution in [3.05, 3.63) is 17.8 Å². The molecule has 0 radical (unpaired) electrons. The van der Waals surface area contributed by atoms with Crippen LogP contribution in [0.2, 0.25) is 0 Å². The van der Waals surface area contributed by atoms with Crippen LogP contribution >= 0.6 is 0 Å². The molecule has 1 rings (SSSR count). The monoisotopic (exact) mass is 238 g/mol. The molecular weight excluding hydrogens is 212 g/mol. The van der Waals surface area contributed by atoms with Gasteiger partial charge in [-0.3, -0.25) is 0 Å². The van der Waals surface area contributed by atoms with E-state index in [2.05, 4.69) is 44.9 Å². The Balaban J connectivity index is 2.31. The Bertz CT molecular complexity index is 323. The minimum Gasteiger partial charge on any atom is -0.446 e. The lowest BCUT2D eigenvalue weighted by Crippen LogP contribution is -2.22. The Kier molecular flexibility index (Phi) is 5.19. The fourth-order valence-corrected chi connectivity index (χ4v) is 1.65. The Morgan fingerprint density at radius 3 is 2.65 bits per heavy atom. The summed E-state index contributed by atoms with van der Waals surface area (Å²) in [6.45, 7) is 13.0. The molecule has 0 saturated heterocycles. The van der Waals surface area contributed by atoms with Gasteiger partial charge in [0, 0.05) is 19.4 Å². The van der Waals surface area contributed by atoms with Crippen molar-refractivity contribution in [2.24, 2.45) is 11.3 Å². The van der Waals surface area contributed by atoms with Crippen molar-refractivity contribution >= 4 is 0 Å². The molecular formula is C14H26N2O. The molecule has 0 aromatic carbocycles. The molecule has 1 N–H and O–H groups in total. The topological polar surface area (TPSA) is 38.1 Å². The van der Waals surface area contributed by atoms with Crippen molar-refractivity contribution in [3.8, 4) is 0 Å². The second kappa shape index (κ2) is 6.20. The van der Waals surface area contributed by atoms with Gasteiger partial charge in [-0.25, -0.2) is 4.98 Å². The smallest absolute Gasteiger partial charge is 0.195 e. The van der Waals surface area contributed by atoms with Gasteiger partial charge < -0.3 is 9.73 Å². The van der Waals surface area contributed by atoms with Gasteiger partial charge >= 0.3 is 0 Å².